The van der Waals surface area contributed by atoms with E-state index in [0.717, 1.165) is 13.0 Å². The number of unbranched alkanes of at least 4 members (excludes halogenated alkanes) is 1. The molecule has 3 nitrogen and oxygen atoms in total. The summed E-state index contributed by atoms with van der Waals surface area (Å²) in [4.78, 5) is 0. The van der Waals surface area contributed by atoms with Crippen LogP contribution in [-0.4, -0.2) is 22.4 Å². The second-order valence-corrected chi connectivity index (χ2v) is 4.62. The molecule has 0 aliphatic carbocycles. The normalized spacial score (nSPS) is 12.9. The summed E-state index contributed by atoms with van der Waals surface area (Å²) in [6, 6.07) is 0.670. The van der Waals surface area contributed by atoms with Crippen LogP contribution in [0.1, 0.15) is 45.1 Å². The van der Waals surface area contributed by atoms with Gasteiger partial charge in [0.2, 0.25) is 0 Å². The first kappa shape index (κ1) is 13.2. The number of hydrogen-bond acceptors (Lipinski definition) is 2. The van der Waals surface area contributed by atoms with Crippen LogP contribution in [0.5, 0.6) is 0 Å². The molecule has 16 heavy (non-hydrogen) atoms. The summed E-state index contributed by atoms with van der Waals surface area (Å²) in [5.74, 6) is 0. The van der Waals surface area contributed by atoms with E-state index in [1.165, 1.54) is 31.2 Å². The Bertz CT molecular complexity index is 280. The number of aromatic nitrogens is 2. The maximum absolute atomic E-state index is 4.17. The van der Waals surface area contributed by atoms with E-state index >= 15 is 0 Å². The smallest absolute Gasteiger partial charge is 0.0521 e. The van der Waals surface area contributed by atoms with Crippen LogP contribution in [0.15, 0.2) is 12.4 Å². The van der Waals surface area contributed by atoms with Gasteiger partial charge in [-0.1, -0.05) is 13.3 Å². The maximum atomic E-state index is 4.17. The monoisotopic (exact) mass is 223 g/mol. The van der Waals surface area contributed by atoms with Crippen LogP contribution in [0, 0.1) is 0 Å². The van der Waals surface area contributed by atoms with E-state index in [4.69, 9.17) is 0 Å². The van der Waals surface area contributed by atoms with Crippen LogP contribution < -0.4 is 5.32 Å². The molecule has 1 N–H and O–H groups in total. The van der Waals surface area contributed by atoms with Gasteiger partial charge in [-0.05, 0) is 44.7 Å². The van der Waals surface area contributed by atoms with Crippen molar-refractivity contribution in [3.8, 4) is 0 Å². The highest BCUT2D eigenvalue weighted by Crippen LogP contribution is 2.03. The highest BCUT2D eigenvalue weighted by atomic mass is 15.2. The third-order valence-electron chi connectivity index (χ3n) is 2.87. The summed E-state index contributed by atoms with van der Waals surface area (Å²) >= 11 is 0. The summed E-state index contributed by atoms with van der Waals surface area (Å²) in [5, 5.41) is 7.72. The van der Waals surface area contributed by atoms with E-state index in [0.29, 0.717) is 6.04 Å². The van der Waals surface area contributed by atoms with E-state index < -0.39 is 0 Å². The van der Waals surface area contributed by atoms with Crippen LogP contribution in [0.3, 0.4) is 0 Å². The molecule has 92 valence electrons. The standard InChI is InChI=1S/C13H25N3/c1-4-7-12(2)14-9-6-5-8-13-10-15-16(3)11-13/h10-12,14H,4-9H2,1-3H3. The lowest BCUT2D eigenvalue weighted by Gasteiger charge is -2.11. The molecule has 0 spiro atoms. The van der Waals surface area contributed by atoms with Gasteiger partial charge >= 0.3 is 0 Å². The van der Waals surface area contributed by atoms with E-state index in [1.807, 2.05) is 17.9 Å². The van der Waals surface area contributed by atoms with Crippen LogP contribution >= 0.6 is 0 Å². The molecule has 0 bridgehead atoms. The molecule has 1 unspecified atom stereocenters. The molecule has 1 heterocycles. The first-order valence-corrected chi connectivity index (χ1v) is 6.43. The summed E-state index contributed by atoms with van der Waals surface area (Å²) < 4.78 is 1.87. The summed E-state index contributed by atoms with van der Waals surface area (Å²) in [6.07, 6.45) is 10.3. The number of aryl methyl sites for hydroxylation is 2. The molecule has 1 aromatic heterocycles. The second kappa shape index (κ2) is 7.44. The quantitative estimate of drug-likeness (QED) is 0.686. The Morgan fingerprint density at radius 3 is 2.88 bits per heavy atom. The van der Waals surface area contributed by atoms with Crippen molar-refractivity contribution in [3.63, 3.8) is 0 Å². The van der Waals surface area contributed by atoms with Crippen molar-refractivity contribution in [1.82, 2.24) is 15.1 Å². The van der Waals surface area contributed by atoms with Gasteiger partial charge in [-0.25, -0.2) is 0 Å². The Labute approximate surface area is 99.2 Å². The number of nitrogens with zero attached hydrogens (tertiary/aromatic N) is 2. The van der Waals surface area contributed by atoms with Gasteiger partial charge < -0.3 is 5.32 Å². The summed E-state index contributed by atoms with van der Waals surface area (Å²) in [7, 11) is 1.97. The lowest BCUT2D eigenvalue weighted by molar-refractivity contribution is 0.495. The Hall–Kier alpha value is -0.830. The van der Waals surface area contributed by atoms with Crippen molar-refractivity contribution >= 4 is 0 Å². The summed E-state index contributed by atoms with van der Waals surface area (Å²) in [5.41, 5.74) is 1.35. The first-order chi connectivity index (χ1) is 7.72. The molecule has 0 saturated carbocycles. The highest BCUT2D eigenvalue weighted by molar-refractivity contribution is 5.03. The Morgan fingerprint density at radius 2 is 2.25 bits per heavy atom. The van der Waals surface area contributed by atoms with Gasteiger partial charge in [-0.15, -0.1) is 0 Å². The average molecular weight is 223 g/mol. The largest absolute Gasteiger partial charge is 0.314 e. The van der Waals surface area contributed by atoms with Gasteiger partial charge in [0, 0.05) is 19.3 Å². The zero-order valence-electron chi connectivity index (χ0n) is 10.9. The molecule has 1 atom stereocenters. The molecular formula is C13H25N3. The minimum absolute atomic E-state index is 0.670. The molecule has 0 radical (unpaired) electrons. The van der Waals surface area contributed by atoms with Gasteiger partial charge in [0.25, 0.3) is 0 Å². The molecule has 0 aromatic carbocycles. The van der Waals surface area contributed by atoms with Crippen LogP contribution in [0.4, 0.5) is 0 Å². The van der Waals surface area contributed by atoms with Crippen molar-refractivity contribution in [3.05, 3.63) is 18.0 Å². The van der Waals surface area contributed by atoms with Crippen molar-refractivity contribution in [2.45, 2.75) is 52.0 Å². The predicted molar refractivity (Wildman–Crippen MR) is 68.5 cm³/mol. The number of nitrogens with one attached hydrogen (secondary N) is 1. The Kier molecular flexibility index (Phi) is 6.16. The van der Waals surface area contributed by atoms with Crippen LogP contribution in [0.25, 0.3) is 0 Å². The lowest BCUT2D eigenvalue weighted by atomic mass is 10.1. The number of rotatable bonds is 8. The minimum Gasteiger partial charge on any atom is -0.314 e. The van der Waals surface area contributed by atoms with Crippen LogP contribution in [-0.2, 0) is 13.5 Å². The average Bonchev–Trinajstić information content (AvgIpc) is 2.64. The molecule has 1 aromatic rings. The van der Waals surface area contributed by atoms with Gasteiger partial charge in [0.15, 0.2) is 0 Å². The van der Waals surface area contributed by atoms with Gasteiger partial charge in [-0.2, -0.15) is 5.10 Å². The summed E-state index contributed by atoms with van der Waals surface area (Å²) in [6.45, 7) is 5.65. The third kappa shape index (κ3) is 5.31. The molecule has 0 saturated heterocycles. The third-order valence-corrected chi connectivity index (χ3v) is 2.87. The SMILES string of the molecule is CCCC(C)NCCCCc1cnn(C)c1. The molecule has 0 amide bonds. The fourth-order valence-corrected chi connectivity index (χ4v) is 1.94. The van der Waals surface area contributed by atoms with E-state index in [9.17, 15) is 0 Å². The van der Waals surface area contributed by atoms with Crippen molar-refractivity contribution < 1.29 is 0 Å². The predicted octanol–water partition coefficient (Wildman–Crippen LogP) is 2.52. The van der Waals surface area contributed by atoms with Crippen molar-refractivity contribution in [2.24, 2.45) is 7.05 Å². The van der Waals surface area contributed by atoms with E-state index in [2.05, 4.69) is 30.5 Å². The van der Waals surface area contributed by atoms with Gasteiger partial charge in [0.05, 0.1) is 6.20 Å². The second-order valence-electron chi connectivity index (χ2n) is 4.62. The van der Waals surface area contributed by atoms with Gasteiger partial charge in [0.1, 0.15) is 0 Å². The molecule has 0 aliphatic heterocycles. The molecular weight excluding hydrogens is 198 g/mol. The molecule has 1 rings (SSSR count). The Morgan fingerprint density at radius 1 is 1.44 bits per heavy atom. The Balaban J connectivity index is 2.00. The molecule has 0 fully saturated rings. The highest BCUT2D eigenvalue weighted by Gasteiger charge is 1.99. The number of hydrogen-bond donors (Lipinski definition) is 1. The van der Waals surface area contributed by atoms with E-state index in [-0.39, 0.29) is 0 Å². The lowest BCUT2D eigenvalue weighted by Crippen LogP contribution is -2.26. The zero-order valence-corrected chi connectivity index (χ0v) is 10.9. The van der Waals surface area contributed by atoms with Crippen molar-refractivity contribution in [1.29, 1.82) is 0 Å². The maximum Gasteiger partial charge on any atom is 0.0521 e. The van der Waals surface area contributed by atoms with E-state index in [1.54, 1.807) is 0 Å². The fraction of sp³-hybridized carbons (Fsp3) is 0.769. The first-order valence-electron chi connectivity index (χ1n) is 6.43. The van der Waals surface area contributed by atoms with Crippen LogP contribution in [0.2, 0.25) is 0 Å². The zero-order chi connectivity index (χ0) is 11.8. The van der Waals surface area contributed by atoms with Crippen molar-refractivity contribution in [2.75, 3.05) is 6.54 Å². The topological polar surface area (TPSA) is 29.9 Å². The van der Waals surface area contributed by atoms with Gasteiger partial charge in [-0.3, -0.25) is 4.68 Å². The minimum atomic E-state index is 0.670. The molecule has 0 aliphatic rings. The molecule has 3 heteroatoms. The fourth-order valence-electron chi connectivity index (χ4n) is 1.94.